The third-order valence-corrected chi connectivity index (χ3v) is 9.78. The Balaban J connectivity index is 0.00000514. The second-order valence-electron chi connectivity index (χ2n) is 15.9. The Kier molecular flexibility index (Phi) is 10.2. The van der Waals surface area contributed by atoms with Crippen LogP contribution >= 0.6 is 0 Å². The topological polar surface area (TPSA) is 55.3 Å². The van der Waals surface area contributed by atoms with E-state index in [0.29, 0.717) is 22.6 Å². The quantitative estimate of drug-likeness (QED) is 0.169. The maximum atomic E-state index is 12.4. The molecule has 6 heteroatoms. The second-order valence-corrected chi connectivity index (χ2v) is 15.9. The Bertz CT molecular complexity index is 2570. The molecule has 5 aromatic carbocycles. The molecule has 0 radical (unpaired) electrons. The van der Waals surface area contributed by atoms with Crippen molar-refractivity contribution in [2.75, 3.05) is 0 Å². The number of hydrogen-bond acceptors (Lipinski definition) is 3. The van der Waals surface area contributed by atoms with Crippen LogP contribution in [-0.2, 0) is 31.9 Å². The third kappa shape index (κ3) is 7.04. The summed E-state index contributed by atoms with van der Waals surface area (Å²) in [5.74, 6) is -0.268. The van der Waals surface area contributed by atoms with Gasteiger partial charge in [-0.25, -0.2) is 9.83 Å². The fourth-order valence-electron chi connectivity index (χ4n) is 7.17. The molecule has 0 aliphatic heterocycles. The number of phenols is 1. The van der Waals surface area contributed by atoms with Crippen molar-refractivity contribution in [3.8, 4) is 56.3 Å². The minimum atomic E-state index is -0.885. The summed E-state index contributed by atoms with van der Waals surface area (Å²) in [5, 5.41) is 12.4. The summed E-state index contributed by atoms with van der Waals surface area (Å²) >= 11 is 0. The Hall–Kier alpha value is -5.30. The molecular weight excluding hydrogens is 844 g/mol. The van der Waals surface area contributed by atoms with Gasteiger partial charge in [0.1, 0.15) is 11.6 Å². The van der Waals surface area contributed by atoms with Crippen LogP contribution < -0.4 is 0 Å². The van der Waals surface area contributed by atoms with Crippen molar-refractivity contribution in [2.24, 2.45) is 0 Å². The van der Waals surface area contributed by atoms with Crippen LogP contribution in [-0.4, -0.2) is 19.6 Å². The fourth-order valence-corrected chi connectivity index (χ4v) is 7.17. The van der Waals surface area contributed by atoms with Crippen molar-refractivity contribution >= 4 is 16.7 Å². The Morgan fingerprint density at radius 3 is 2.09 bits per heavy atom. The van der Waals surface area contributed by atoms with Gasteiger partial charge in [0.2, 0.25) is 0 Å². The van der Waals surface area contributed by atoms with E-state index >= 15 is 0 Å². The second kappa shape index (κ2) is 14.8. The first-order valence-corrected chi connectivity index (χ1v) is 18.0. The van der Waals surface area contributed by atoms with Gasteiger partial charge < -0.3 is 5.11 Å². The van der Waals surface area contributed by atoms with Crippen molar-refractivity contribution in [2.45, 2.75) is 72.1 Å². The van der Waals surface area contributed by atoms with Crippen LogP contribution in [0.2, 0.25) is 0 Å². The number of pyridine rings is 1. The number of nitrogens with zero attached hydrogens (tertiary/aromatic N) is 4. The van der Waals surface area contributed by atoms with Crippen molar-refractivity contribution < 1.29 is 27.5 Å². The number of aromatic hydroxyl groups is 1. The predicted octanol–water partition coefficient (Wildman–Crippen LogP) is 12.9. The van der Waals surface area contributed by atoms with Gasteiger partial charge >= 0.3 is 0 Å². The summed E-state index contributed by atoms with van der Waals surface area (Å²) in [5.41, 5.74) is 10.1. The van der Waals surface area contributed by atoms with Crippen LogP contribution in [0.25, 0.3) is 66.5 Å². The normalized spacial score (nSPS) is 12.2. The largest absolute Gasteiger partial charge is 0.508 e. The Labute approximate surface area is 335 Å². The van der Waals surface area contributed by atoms with Gasteiger partial charge in [0.25, 0.3) is 0 Å². The Morgan fingerprint density at radius 2 is 1.44 bits per heavy atom. The molecular formula is C48H45N4OPt-. The molecule has 0 aliphatic carbocycles. The van der Waals surface area contributed by atoms with Crippen LogP contribution in [0, 0.1) is 12.6 Å². The maximum Gasteiger partial charge on any atom is 0.198 e. The predicted molar refractivity (Wildman–Crippen MR) is 219 cm³/mol. The molecule has 1 N–H and O–H groups in total. The SMILES string of the molecule is [2H]C(C)(C)c1cc(-c2ccccn2)[c-]c(-c2cccc3c2nc(-c2cc(C(C)(C)C)c([N+]#[C-])c(C(C)(C)C)c2O)n3-c2ccccc2-c2ccccc2)c1.[Pt]. The molecule has 0 amide bonds. The molecule has 0 bridgehead atoms. The van der Waals surface area contributed by atoms with Crippen LogP contribution in [0.3, 0.4) is 0 Å². The van der Waals surface area contributed by atoms with Crippen LogP contribution in [0.5, 0.6) is 5.75 Å². The molecule has 0 saturated carbocycles. The minimum absolute atomic E-state index is 0. The molecule has 0 aliphatic rings. The van der Waals surface area contributed by atoms with Crippen molar-refractivity contribution in [1.82, 2.24) is 14.5 Å². The smallest absolute Gasteiger partial charge is 0.198 e. The zero-order valence-corrected chi connectivity index (χ0v) is 34.3. The van der Waals surface area contributed by atoms with E-state index < -0.39 is 16.7 Å². The molecule has 0 unspecified atom stereocenters. The third-order valence-electron chi connectivity index (χ3n) is 9.78. The van der Waals surface area contributed by atoms with E-state index in [1.165, 1.54) is 0 Å². The molecule has 0 atom stereocenters. The molecule has 7 rings (SSSR count). The van der Waals surface area contributed by atoms with Crippen LogP contribution in [0.4, 0.5) is 5.69 Å². The molecule has 0 saturated heterocycles. The number of benzene rings is 5. The number of para-hydroxylation sites is 2. The fraction of sp³-hybridized carbons (Fsp3) is 0.229. The molecule has 274 valence electrons. The number of fused-ring (bicyclic) bond motifs is 1. The van der Waals surface area contributed by atoms with Crippen LogP contribution in [0.1, 0.15) is 79.3 Å². The van der Waals surface area contributed by atoms with E-state index in [1.807, 2.05) is 113 Å². The Morgan fingerprint density at radius 1 is 0.778 bits per heavy atom. The number of aromatic nitrogens is 3. The van der Waals surface area contributed by atoms with Gasteiger partial charge in [0, 0.05) is 45.5 Å². The summed E-state index contributed by atoms with van der Waals surface area (Å²) in [7, 11) is 0. The van der Waals surface area contributed by atoms with Gasteiger partial charge in [-0.2, -0.15) is 0 Å². The first-order chi connectivity index (χ1) is 25.6. The van der Waals surface area contributed by atoms with Gasteiger partial charge in [0.15, 0.2) is 5.69 Å². The van der Waals surface area contributed by atoms with Gasteiger partial charge in [-0.1, -0.05) is 145 Å². The van der Waals surface area contributed by atoms with Gasteiger partial charge in [-0.3, -0.25) is 9.55 Å². The maximum absolute atomic E-state index is 12.4. The summed E-state index contributed by atoms with van der Waals surface area (Å²) < 4.78 is 11.2. The van der Waals surface area contributed by atoms with Crippen LogP contribution in [0.15, 0.2) is 115 Å². The van der Waals surface area contributed by atoms with Gasteiger partial charge in [-0.15, -0.1) is 29.3 Å². The molecule has 7 aromatic rings. The molecule has 54 heavy (non-hydrogen) atoms. The summed E-state index contributed by atoms with van der Waals surface area (Å²) in [4.78, 5) is 14.1. The first kappa shape index (κ1) is 37.0. The number of rotatable bonds is 6. The van der Waals surface area contributed by atoms with E-state index in [1.54, 1.807) is 6.20 Å². The molecule has 5 nitrogen and oxygen atoms in total. The zero-order valence-electron chi connectivity index (χ0n) is 33.0. The monoisotopic (exact) mass is 889 g/mol. The number of imidazole rings is 1. The van der Waals surface area contributed by atoms with Crippen molar-refractivity contribution in [1.29, 1.82) is 0 Å². The average molecular weight is 890 g/mol. The van der Waals surface area contributed by atoms with E-state index in [-0.39, 0.29) is 26.8 Å². The standard InChI is InChI=1S/C48H45N4O.Pt/c1-30(2)32-26-33(28-34(27-32)39-22-15-16-25-50-39)36-21-17-24-41-43(36)51-46(52(41)40-23-14-13-20-35(40)31-18-11-10-12-19-31)37-29-38(47(3,4)5)44(49-9)42(45(37)53)48(6,7)8;/h10-27,29-30,53H,1-8H3;/q-1;/i30D;. The molecule has 0 fully saturated rings. The minimum Gasteiger partial charge on any atom is -0.508 e. The van der Waals surface area contributed by atoms with Gasteiger partial charge in [0.05, 0.1) is 28.9 Å². The summed E-state index contributed by atoms with van der Waals surface area (Å²) in [6.45, 7) is 24.5. The number of phenolic OH excluding ortho intramolecular Hbond substituents is 1. The molecule has 2 aromatic heterocycles. The summed E-state index contributed by atoms with van der Waals surface area (Å²) in [6.07, 6.45) is 1.77. The van der Waals surface area contributed by atoms with Crippen molar-refractivity contribution in [3.05, 3.63) is 150 Å². The average Bonchev–Trinajstić information content (AvgIpc) is 3.53. The van der Waals surface area contributed by atoms with E-state index in [0.717, 1.165) is 61.4 Å². The first-order valence-electron chi connectivity index (χ1n) is 18.5. The van der Waals surface area contributed by atoms with Crippen molar-refractivity contribution in [3.63, 3.8) is 0 Å². The van der Waals surface area contributed by atoms with E-state index in [2.05, 4.69) is 71.6 Å². The number of hydrogen-bond donors (Lipinski definition) is 1. The van der Waals surface area contributed by atoms with E-state index in [9.17, 15) is 5.11 Å². The summed E-state index contributed by atoms with van der Waals surface area (Å²) in [6, 6.07) is 40.1. The molecule has 0 spiro atoms. The van der Waals surface area contributed by atoms with Gasteiger partial charge in [-0.05, 0) is 46.0 Å². The molecule has 2 heterocycles. The van der Waals surface area contributed by atoms with E-state index in [4.69, 9.17) is 12.9 Å². The zero-order chi connectivity index (χ0) is 38.6.